The highest BCUT2D eigenvalue weighted by Gasteiger charge is 2.13. The van der Waals surface area contributed by atoms with E-state index in [2.05, 4.69) is 44.7 Å². The van der Waals surface area contributed by atoms with E-state index in [1.54, 1.807) is 0 Å². The Morgan fingerprint density at radius 2 is 2.31 bits per heavy atom. The van der Waals surface area contributed by atoms with Crippen LogP contribution in [0.25, 0.3) is 5.69 Å². The number of benzene rings is 1. The summed E-state index contributed by atoms with van der Waals surface area (Å²) in [6.45, 7) is 1.96. The van der Waals surface area contributed by atoms with Crippen molar-refractivity contribution < 1.29 is 0 Å². The van der Waals surface area contributed by atoms with Gasteiger partial charge in [0.05, 0.1) is 11.4 Å². The molecule has 0 radical (unpaired) electrons. The Kier molecular flexibility index (Phi) is 2.53. The lowest BCUT2D eigenvalue weighted by Crippen LogP contribution is -2.22. The summed E-state index contributed by atoms with van der Waals surface area (Å²) in [6, 6.07) is 8.19. The second kappa shape index (κ2) is 4.03. The summed E-state index contributed by atoms with van der Waals surface area (Å²) in [5, 5.41) is 7.97. The maximum atomic E-state index is 4.62. The molecule has 3 rings (SSSR count). The van der Waals surface area contributed by atoms with Gasteiger partial charge in [0, 0.05) is 35.7 Å². The van der Waals surface area contributed by atoms with Gasteiger partial charge in [0.25, 0.3) is 0 Å². The predicted octanol–water partition coefficient (Wildman–Crippen LogP) is 2.28. The van der Waals surface area contributed by atoms with Gasteiger partial charge in [-0.25, -0.2) is 4.68 Å². The Bertz CT molecular complexity index is 495. The number of hydrogen-bond donors (Lipinski definition) is 1. The Balaban J connectivity index is 2.03. The van der Waals surface area contributed by atoms with E-state index < -0.39 is 0 Å². The van der Waals surface area contributed by atoms with Crippen molar-refractivity contribution in [2.45, 2.75) is 13.0 Å². The molecule has 0 unspecified atom stereocenters. The maximum absolute atomic E-state index is 4.62. The lowest BCUT2D eigenvalue weighted by Gasteiger charge is -2.09. The first-order valence-electron chi connectivity index (χ1n) is 5.37. The molecular formula is C12H12BrN3. The summed E-state index contributed by atoms with van der Waals surface area (Å²) in [6.07, 6.45) is 3.14. The molecule has 0 atom stereocenters. The van der Waals surface area contributed by atoms with Crippen LogP contribution in [-0.2, 0) is 13.0 Å². The van der Waals surface area contributed by atoms with Crippen molar-refractivity contribution in [3.63, 3.8) is 0 Å². The molecule has 2 aromatic rings. The van der Waals surface area contributed by atoms with E-state index in [-0.39, 0.29) is 0 Å². The number of hydrogen-bond acceptors (Lipinski definition) is 2. The molecule has 1 aliphatic heterocycles. The summed E-state index contributed by atoms with van der Waals surface area (Å²) >= 11 is 3.48. The molecule has 2 heterocycles. The molecule has 1 N–H and O–H groups in total. The van der Waals surface area contributed by atoms with E-state index in [0.717, 1.165) is 29.7 Å². The molecule has 0 saturated carbocycles. The Morgan fingerprint density at radius 1 is 1.38 bits per heavy atom. The van der Waals surface area contributed by atoms with Gasteiger partial charge in [-0.1, -0.05) is 22.0 Å². The fourth-order valence-corrected chi connectivity index (χ4v) is 2.37. The third kappa shape index (κ3) is 1.79. The molecule has 82 valence electrons. The van der Waals surface area contributed by atoms with Crippen LogP contribution in [0.15, 0.2) is 34.9 Å². The third-order valence-corrected chi connectivity index (χ3v) is 3.30. The van der Waals surface area contributed by atoms with Crippen molar-refractivity contribution in [2.24, 2.45) is 0 Å². The summed E-state index contributed by atoms with van der Waals surface area (Å²) < 4.78 is 3.04. The summed E-state index contributed by atoms with van der Waals surface area (Å²) in [7, 11) is 0. The average molecular weight is 278 g/mol. The lowest BCUT2D eigenvalue weighted by atomic mass is 10.1. The topological polar surface area (TPSA) is 29.9 Å². The molecule has 1 aromatic heterocycles. The van der Waals surface area contributed by atoms with Crippen molar-refractivity contribution in [3.8, 4) is 5.69 Å². The van der Waals surface area contributed by atoms with Crippen LogP contribution in [0.2, 0.25) is 0 Å². The smallest absolute Gasteiger partial charge is 0.0686 e. The molecule has 3 nitrogen and oxygen atoms in total. The standard InChI is InChI=1S/C12H12BrN3/c13-10-2-1-3-11(6-10)16-8-9-7-14-5-4-12(9)15-16/h1-3,6,8,14H,4-5,7H2. The van der Waals surface area contributed by atoms with Gasteiger partial charge in [0.1, 0.15) is 0 Å². The maximum Gasteiger partial charge on any atom is 0.0686 e. The lowest BCUT2D eigenvalue weighted by molar-refractivity contribution is 0.635. The summed E-state index contributed by atoms with van der Waals surface area (Å²) in [5.74, 6) is 0. The van der Waals surface area contributed by atoms with Gasteiger partial charge in [0.2, 0.25) is 0 Å². The quantitative estimate of drug-likeness (QED) is 0.867. The van der Waals surface area contributed by atoms with E-state index in [1.165, 1.54) is 11.3 Å². The van der Waals surface area contributed by atoms with E-state index >= 15 is 0 Å². The highest BCUT2D eigenvalue weighted by atomic mass is 79.9. The van der Waals surface area contributed by atoms with Crippen molar-refractivity contribution in [1.29, 1.82) is 0 Å². The van der Waals surface area contributed by atoms with Gasteiger partial charge < -0.3 is 5.32 Å². The molecular weight excluding hydrogens is 266 g/mol. The second-order valence-corrected chi connectivity index (χ2v) is 4.87. The van der Waals surface area contributed by atoms with E-state index in [0.29, 0.717) is 0 Å². The molecule has 1 aliphatic rings. The molecule has 0 spiro atoms. The van der Waals surface area contributed by atoms with Gasteiger partial charge in [-0.2, -0.15) is 5.10 Å². The van der Waals surface area contributed by atoms with Crippen molar-refractivity contribution in [2.75, 3.05) is 6.54 Å². The number of nitrogens with one attached hydrogen (secondary N) is 1. The van der Waals surface area contributed by atoms with Crippen LogP contribution in [-0.4, -0.2) is 16.3 Å². The van der Waals surface area contributed by atoms with E-state index in [1.807, 2.05) is 16.8 Å². The zero-order valence-corrected chi connectivity index (χ0v) is 10.4. The monoisotopic (exact) mass is 277 g/mol. The van der Waals surface area contributed by atoms with Crippen LogP contribution in [0, 0.1) is 0 Å². The van der Waals surface area contributed by atoms with E-state index in [9.17, 15) is 0 Å². The van der Waals surface area contributed by atoms with Crippen molar-refractivity contribution in [3.05, 3.63) is 46.2 Å². The molecule has 0 saturated heterocycles. The average Bonchev–Trinajstić information content (AvgIpc) is 2.72. The Hall–Kier alpha value is -1.13. The molecule has 16 heavy (non-hydrogen) atoms. The normalized spacial score (nSPS) is 14.8. The zero-order valence-electron chi connectivity index (χ0n) is 8.78. The minimum absolute atomic E-state index is 0.934. The number of nitrogens with zero attached hydrogens (tertiary/aromatic N) is 2. The van der Waals surface area contributed by atoms with Crippen LogP contribution in [0.5, 0.6) is 0 Å². The van der Waals surface area contributed by atoms with Crippen molar-refractivity contribution in [1.82, 2.24) is 15.1 Å². The molecule has 4 heteroatoms. The number of fused-ring (bicyclic) bond motifs is 1. The highest BCUT2D eigenvalue weighted by Crippen LogP contribution is 2.18. The van der Waals surface area contributed by atoms with Crippen molar-refractivity contribution >= 4 is 15.9 Å². The highest BCUT2D eigenvalue weighted by molar-refractivity contribution is 9.10. The number of halogens is 1. The molecule has 1 aromatic carbocycles. The first-order chi connectivity index (χ1) is 7.83. The predicted molar refractivity (Wildman–Crippen MR) is 66.7 cm³/mol. The largest absolute Gasteiger partial charge is 0.312 e. The van der Waals surface area contributed by atoms with Gasteiger partial charge in [-0.05, 0) is 18.2 Å². The van der Waals surface area contributed by atoms with Crippen LogP contribution in [0.3, 0.4) is 0 Å². The minimum atomic E-state index is 0.934. The Labute approximate surface area is 103 Å². The van der Waals surface area contributed by atoms with Gasteiger partial charge in [0.15, 0.2) is 0 Å². The number of aromatic nitrogens is 2. The van der Waals surface area contributed by atoms with Gasteiger partial charge in [-0.15, -0.1) is 0 Å². The summed E-state index contributed by atoms with van der Waals surface area (Å²) in [5.41, 5.74) is 3.63. The third-order valence-electron chi connectivity index (χ3n) is 2.80. The Morgan fingerprint density at radius 3 is 3.12 bits per heavy atom. The first kappa shape index (κ1) is 10.1. The first-order valence-corrected chi connectivity index (χ1v) is 6.16. The van der Waals surface area contributed by atoms with Gasteiger partial charge in [-0.3, -0.25) is 0 Å². The minimum Gasteiger partial charge on any atom is -0.312 e. The second-order valence-electron chi connectivity index (χ2n) is 3.95. The number of rotatable bonds is 1. The molecule has 0 aliphatic carbocycles. The molecule has 0 fully saturated rings. The van der Waals surface area contributed by atoms with E-state index in [4.69, 9.17) is 0 Å². The van der Waals surface area contributed by atoms with Crippen LogP contribution >= 0.6 is 15.9 Å². The van der Waals surface area contributed by atoms with Gasteiger partial charge >= 0.3 is 0 Å². The molecule has 0 amide bonds. The van der Waals surface area contributed by atoms with Crippen LogP contribution < -0.4 is 5.32 Å². The zero-order chi connectivity index (χ0) is 11.0. The van der Waals surface area contributed by atoms with Crippen LogP contribution in [0.4, 0.5) is 0 Å². The van der Waals surface area contributed by atoms with Crippen LogP contribution in [0.1, 0.15) is 11.3 Å². The fourth-order valence-electron chi connectivity index (χ4n) is 1.98. The fraction of sp³-hybridized carbons (Fsp3) is 0.250. The SMILES string of the molecule is Brc1cccc(-n2cc3c(n2)CCNC3)c1. The summed E-state index contributed by atoms with van der Waals surface area (Å²) in [4.78, 5) is 0. The molecule has 0 bridgehead atoms.